The predicted octanol–water partition coefficient (Wildman–Crippen LogP) is 2.20. The zero-order valence-electron chi connectivity index (χ0n) is 13.1. The lowest BCUT2D eigenvalue weighted by atomic mass is 10.1. The number of ether oxygens (including phenoxy) is 1. The van der Waals surface area contributed by atoms with E-state index in [1.807, 2.05) is 6.92 Å². The number of nitrogens with zero attached hydrogens (tertiary/aromatic N) is 1. The van der Waals surface area contributed by atoms with E-state index < -0.39 is 0 Å². The molecule has 0 aliphatic carbocycles. The third-order valence-electron chi connectivity index (χ3n) is 4.14. The number of nitrogens with one attached hydrogen (secondary N) is 1. The van der Waals surface area contributed by atoms with Gasteiger partial charge in [-0.3, -0.25) is 19.3 Å². The fraction of sp³-hybridized carbons (Fsp3) is 0.471. The van der Waals surface area contributed by atoms with Gasteiger partial charge in [-0.2, -0.15) is 0 Å². The molecule has 2 aliphatic heterocycles. The van der Waals surface area contributed by atoms with Gasteiger partial charge in [0.1, 0.15) is 0 Å². The Balaban J connectivity index is 1.76. The van der Waals surface area contributed by atoms with Crippen LogP contribution in [0.1, 0.15) is 53.3 Å². The molecule has 2 aliphatic rings. The van der Waals surface area contributed by atoms with Crippen LogP contribution in [0.25, 0.3) is 0 Å². The third-order valence-corrected chi connectivity index (χ3v) is 4.14. The SMILES string of the molecule is CCCC(=O)Nc1ccc2c(c1)C(=O)N(C[C@@H]1CCCO1)C2=O. The van der Waals surface area contributed by atoms with E-state index in [0.29, 0.717) is 36.4 Å². The topological polar surface area (TPSA) is 75.7 Å². The number of amides is 3. The Morgan fingerprint density at radius 1 is 1.30 bits per heavy atom. The number of rotatable bonds is 5. The third kappa shape index (κ3) is 3.12. The average Bonchev–Trinajstić information content (AvgIpc) is 3.11. The van der Waals surface area contributed by atoms with Crippen LogP contribution in [-0.2, 0) is 9.53 Å². The van der Waals surface area contributed by atoms with Crippen molar-refractivity contribution in [3.8, 4) is 0 Å². The van der Waals surface area contributed by atoms with E-state index in [4.69, 9.17) is 4.74 Å². The van der Waals surface area contributed by atoms with Crippen LogP contribution in [-0.4, -0.2) is 41.9 Å². The number of benzene rings is 1. The summed E-state index contributed by atoms with van der Waals surface area (Å²) in [5.74, 6) is -0.695. The number of hydrogen-bond acceptors (Lipinski definition) is 4. The van der Waals surface area contributed by atoms with Crippen molar-refractivity contribution >= 4 is 23.4 Å². The highest BCUT2D eigenvalue weighted by Gasteiger charge is 2.37. The van der Waals surface area contributed by atoms with Gasteiger partial charge >= 0.3 is 0 Å². The van der Waals surface area contributed by atoms with Crippen molar-refractivity contribution in [2.45, 2.75) is 38.7 Å². The number of imide groups is 1. The Bertz CT molecular complexity index is 650. The molecule has 0 radical (unpaired) electrons. The largest absolute Gasteiger partial charge is 0.376 e. The minimum Gasteiger partial charge on any atom is -0.376 e. The lowest BCUT2D eigenvalue weighted by Gasteiger charge is -2.17. The normalized spacial score (nSPS) is 20.0. The van der Waals surface area contributed by atoms with E-state index in [-0.39, 0.29) is 23.8 Å². The molecular weight excluding hydrogens is 296 g/mol. The quantitative estimate of drug-likeness (QED) is 0.845. The molecule has 1 aromatic rings. The van der Waals surface area contributed by atoms with Gasteiger partial charge in [-0.1, -0.05) is 6.92 Å². The number of carbonyl (C=O) groups is 3. The van der Waals surface area contributed by atoms with E-state index in [0.717, 1.165) is 19.3 Å². The van der Waals surface area contributed by atoms with Gasteiger partial charge in [0.15, 0.2) is 0 Å². The first-order chi connectivity index (χ1) is 11.1. The molecule has 6 heteroatoms. The van der Waals surface area contributed by atoms with Crippen molar-refractivity contribution in [1.29, 1.82) is 0 Å². The first-order valence-electron chi connectivity index (χ1n) is 8.02. The van der Waals surface area contributed by atoms with Crippen molar-refractivity contribution in [2.75, 3.05) is 18.5 Å². The number of fused-ring (bicyclic) bond motifs is 1. The molecule has 122 valence electrons. The van der Waals surface area contributed by atoms with Gasteiger partial charge in [-0.25, -0.2) is 0 Å². The molecule has 1 N–H and O–H groups in total. The van der Waals surface area contributed by atoms with Gasteiger partial charge in [0.25, 0.3) is 11.8 Å². The van der Waals surface area contributed by atoms with Gasteiger partial charge in [-0.05, 0) is 37.5 Å². The molecule has 0 bridgehead atoms. The predicted molar refractivity (Wildman–Crippen MR) is 84.3 cm³/mol. The molecule has 0 aromatic heterocycles. The highest BCUT2D eigenvalue weighted by atomic mass is 16.5. The van der Waals surface area contributed by atoms with Crippen molar-refractivity contribution in [1.82, 2.24) is 4.90 Å². The lowest BCUT2D eigenvalue weighted by Crippen LogP contribution is -2.36. The molecule has 1 saturated heterocycles. The van der Waals surface area contributed by atoms with E-state index in [1.165, 1.54) is 4.90 Å². The van der Waals surface area contributed by atoms with Crippen LogP contribution in [0.2, 0.25) is 0 Å². The maximum Gasteiger partial charge on any atom is 0.261 e. The molecule has 0 saturated carbocycles. The summed E-state index contributed by atoms with van der Waals surface area (Å²) in [6.45, 7) is 2.90. The summed E-state index contributed by atoms with van der Waals surface area (Å²) in [4.78, 5) is 37.8. The molecule has 1 fully saturated rings. The summed E-state index contributed by atoms with van der Waals surface area (Å²) in [6, 6.07) is 4.85. The van der Waals surface area contributed by atoms with E-state index in [9.17, 15) is 14.4 Å². The highest BCUT2D eigenvalue weighted by Crippen LogP contribution is 2.27. The van der Waals surface area contributed by atoms with Gasteiger partial charge in [0.05, 0.1) is 23.8 Å². The molecule has 0 unspecified atom stereocenters. The zero-order valence-corrected chi connectivity index (χ0v) is 13.1. The van der Waals surface area contributed by atoms with Crippen LogP contribution in [0, 0.1) is 0 Å². The van der Waals surface area contributed by atoms with Gasteiger partial charge in [0, 0.05) is 18.7 Å². The molecule has 1 aromatic carbocycles. The Morgan fingerprint density at radius 3 is 2.78 bits per heavy atom. The van der Waals surface area contributed by atoms with Gasteiger partial charge in [0.2, 0.25) is 5.91 Å². The van der Waals surface area contributed by atoms with Gasteiger partial charge in [-0.15, -0.1) is 0 Å². The van der Waals surface area contributed by atoms with Crippen molar-refractivity contribution < 1.29 is 19.1 Å². The van der Waals surface area contributed by atoms with Crippen molar-refractivity contribution in [2.24, 2.45) is 0 Å². The second-order valence-corrected chi connectivity index (χ2v) is 5.91. The first kappa shape index (κ1) is 15.7. The molecule has 6 nitrogen and oxygen atoms in total. The molecule has 2 heterocycles. The van der Waals surface area contributed by atoms with Crippen LogP contribution in [0.4, 0.5) is 5.69 Å². The zero-order chi connectivity index (χ0) is 16.4. The summed E-state index contributed by atoms with van der Waals surface area (Å²) in [5.41, 5.74) is 1.28. The second-order valence-electron chi connectivity index (χ2n) is 5.91. The van der Waals surface area contributed by atoms with Crippen LogP contribution >= 0.6 is 0 Å². The maximum absolute atomic E-state index is 12.5. The summed E-state index contributed by atoms with van der Waals surface area (Å²) in [7, 11) is 0. The molecule has 3 rings (SSSR count). The number of carbonyl (C=O) groups excluding carboxylic acids is 3. The Morgan fingerprint density at radius 2 is 2.09 bits per heavy atom. The van der Waals surface area contributed by atoms with Crippen molar-refractivity contribution in [3.63, 3.8) is 0 Å². The average molecular weight is 316 g/mol. The molecule has 3 amide bonds. The highest BCUT2D eigenvalue weighted by molar-refractivity contribution is 6.21. The fourth-order valence-corrected chi connectivity index (χ4v) is 2.98. The fourth-order valence-electron chi connectivity index (χ4n) is 2.98. The lowest BCUT2D eigenvalue weighted by molar-refractivity contribution is -0.116. The second kappa shape index (κ2) is 6.50. The smallest absolute Gasteiger partial charge is 0.261 e. The minimum absolute atomic E-state index is 0.0686. The summed E-state index contributed by atoms with van der Waals surface area (Å²) in [5, 5.41) is 2.75. The monoisotopic (exact) mass is 316 g/mol. The summed E-state index contributed by atoms with van der Waals surface area (Å²) >= 11 is 0. The Labute approximate surface area is 134 Å². The van der Waals surface area contributed by atoms with Crippen LogP contribution in [0.15, 0.2) is 18.2 Å². The van der Waals surface area contributed by atoms with E-state index in [1.54, 1.807) is 18.2 Å². The van der Waals surface area contributed by atoms with E-state index in [2.05, 4.69) is 5.32 Å². The Hall–Kier alpha value is -2.21. The minimum atomic E-state index is -0.313. The Kier molecular flexibility index (Phi) is 4.43. The van der Waals surface area contributed by atoms with Crippen LogP contribution in [0.3, 0.4) is 0 Å². The van der Waals surface area contributed by atoms with Crippen LogP contribution in [0.5, 0.6) is 0 Å². The van der Waals surface area contributed by atoms with Crippen molar-refractivity contribution in [3.05, 3.63) is 29.3 Å². The number of hydrogen-bond donors (Lipinski definition) is 1. The molecule has 23 heavy (non-hydrogen) atoms. The van der Waals surface area contributed by atoms with Gasteiger partial charge < -0.3 is 10.1 Å². The maximum atomic E-state index is 12.5. The summed E-state index contributed by atoms with van der Waals surface area (Å²) < 4.78 is 5.51. The molecule has 1 atom stereocenters. The number of anilines is 1. The molecule has 0 spiro atoms. The standard InChI is InChI=1S/C17H20N2O4/c1-2-4-15(20)18-11-6-7-13-14(9-11)17(22)19(16(13)21)10-12-5-3-8-23-12/h6-7,9,12H,2-5,8,10H2,1H3,(H,18,20)/t12-/m0/s1. The first-order valence-corrected chi connectivity index (χ1v) is 8.02. The molecular formula is C17H20N2O4. The summed E-state index contributed by atoms with van der Waals surface area (Å²) in [6.07, 6.45) is 2.94. The van der Waals surface area contributed by atoms with Crippen LogP contribution < -0.4 is 5.32 Å². The van der Waals surface area contributed by atoms with E-state index >= 15 is 0 Å².